The molecular weight excluding hydrogens is 258 g/mol. The minimum Gasteiger partial charge on any atom is -0.271 e. The fourth-order valence-corrected chi connectivity index (χ4v) is 2.51. The van der Waals surface area contributed by atoms with Gasteiger partial charge in [0.2, 0.25) is 0 Å². The van der Waals surface area contributed by atoms with Gasteiger partial charge < -0.3 is 0 Å². The SMILES string of the molecule is Cc1cc(C)c(C(NN)c2cccc(C)c2F)c(F)c1. The normalized spacial score (nSPS) is 12.5. The van der Waals surface area contributed by atoms with Gasteiger partial charge in [0.1, 0.15) is 11.6 Å². The van der Waals surface area contributed by atoms with Crippen LogP contribution >= 0.6 is 0 Å². The number of hydrogen-bond acceptors (Lipinski definition) is 2. The number of hydrazine groups is 1. The van der Waals surface area contributed by atoms with Gasteiger partial charge in [-0.05, 0) is 43.5 Å². The van der Waals surface area contributed by atoms with Crippen LogP contribution in [0.1, 0.15) is 33.9 Å². The van der Waals surface area contributed by atoms with Gasteiger partial charge >= 0.3 is 0 Å². The Kier molecular flexibility index (Phi) is 4.16. The summed E-state index contributed by atoms with van der Waals surface area (Å²) in [5.41, 5.74) is 5.32. The van der Waals surface area contributed by atoms with E-state index in [1.54, 1.807) is 32.0 Å². The fourth-order valence-electron chi connectivity index (χ4n) is 2.51. The third-order valence-electron chi connectivity index (χ3n) is 3.47. The van der Waals surface area contributed by atoms with E-state index in [-0.39, 0.29) is 11.6 Å². The van der Waals surface area contributed by atoms with Crippen LogP contribution in [0.3, 0.4) is 0 Å². The first-order valence-electron chi connectivity index (χ1n) is 6.43. The molecule has 0 aliphatic carbocycles. The molecule has 2 aromatic rings. The molecule has 2 aromatic carbocycles. The van der Waals surface area contributed by atoms with Crippen molar-refractivity contribution in [1.82, 2.24) is 5.43 Å². The van der Waals surface area contributed by atoms with Crippen LogP contribution in [0, 0.1) is 32.4 Å². The average Bonchev–Trinajstić information content (AvgIpc) is 2.37. The van der Waals surface area contributed by atoms with Crippen LogP contribution in [0.15, 0.2) is 30.3 Å². The number of nitrogens with two attached hydrogens (primary N) is 1. The van der Waals surface area contributed by atoms with E-state index in [2.05, 4.69) is 5.43 Å². The molecule has 0 fully saturated rings. The molecule has 106 valence electrons. The van der Waals surface area contributed by atoms with Gasteiger partial charge in [0.25, 0.3) is 0 Å². The predicted octanol–water partition coefficient (Wildman–Crippen LogP) is 3.44. The highest BCUT2D eigenvalue weighted by molar-refractivity contribution is 5.41. The maximum Gasteiger partial charge on any atom is 0.131 e. The van der Waals surface area contributed by atoms with Gasteiger partial charge in [0.05, 0.1) is 6.04 Å². The lowest BCUT2D eigenvalue weighted by atomic mass is 9.92. The number of halogens is 2. The van der Waals surface area contributed by atoms with Crippen LogP contribution in [0.2, 0.25) is 0 Å². The van der Waals surface area contributed by atoms with Crippen molar-refractivity contribution in [2.75, 3.05) is 0 Å². The molecule has 3 N–H and O–H groups in total. The van der Waals surface area contributed by atoms with Gasteiger partial charge in [-0.1, -0.05) is 24.3 Å². The Bertz CT molecular complexity index is 615. The first kappa shape index (κ1) is 14.6. The van der Waals surface area contributed by atoms with Crippen LogP contribution in [-0.4, -0.2) is 0 Å². The van der Waals surface area contributed by atoms with E-state index >= 15 is 0 Å². The van der Waals surface area contributed by atoms with Crippen LogP contribution in [0.5, 0.6) is 0 Å². The van der Waals surface area contributed by atoms with Gasteiger partial charge in [-0.25, -0.2) is 14.2 Å². The Balaban J connectivity index is 2.62. The van der Waals surface area contributed by atoms with E-state index < -0.39 is 6.04 Å². The van der Waals surface area contributed by atoms with Crippen molar-refractivity contribution in [2.24, 2.45) is 5.84 Å². The van der Waals surface area contributed by atoms with E-state index in [4.69, 9.17) is 5.84 Å². The summed E-state index contributed by atoms with van der Waals surface area (Å²) in [6.07, 6.45) is 0. The lowest BCUT2D eigenvalue weighted by molar-refractivity contribution is 0.525. The van der Waals surface area contributed by atoms with E-state index in [0.717, 1.165) is 11.1 Å². The van der Waals surface area contributed by atoms with Crippen LogP contribution in [-0.2, 0) is 0 Å². The Morgan fingerprint density at radius 2 is 1.75 bits per heavy atom. The molecular formula is C16H18F2N2. The largest absolute Gasteiger partial charge is 0.271 e. The highest BCUT2D eigenvalue weighted by atomic mass is 19.1. The summed E-state index contributed by atoms with van der Waals surface area (Å²) in [6.45, 7) is 5.28. The molecule has 2 rings (SSSR count). The van der Waals surface area contributed by atoms with Crippen molar-refractivity contribution >= 4 is 0 Å². The van der Waals surface area contributed by atoms with Crippen molar-refractivity contribution in [3.63, 3.8) is 0 Å². The summed E-state index contributed by atoms with van der Waals surface area (Å²) in [5.74, 6) is 4.80. The van der Waals surface area contributed by atoms with E-state index in [9.17, 15) is 8.78 Å². The van der Waals surface area contributed by atoms with Crippen LogP contribution in [0.4, 0.5) is 8.78 Å². The Hall–Kier alpha value is -1.78. The highest BCUT2D eigenvalue weighted by Crippen LogP contribution is 2.30. The standard InChI is InChI=1S/C16H18F2N2/c1-9-7-11(3)14(13(17)8-9)16(20-19)12-6-4-5-10(2)15(12)18/h4-8,16,20H,19H2,1-3H3. The van der Waals surface area contributed by atoms with Crippen molar-refractivity contribution in [2.45, 2.75) is 26.8 Å². The Labute approximate surface area is 117 Å². The molecule has 1 atom stereocenters. The second-order valence-electron chi connectivity index (χ2n) is 5.06. The van der Waals surface area contributed by atoms with Gasteiger partial charge in [-0.2, -0.15) is 0 Å². The van der Waals surface area contributed by atoms with Crippen molar-refractivity contribution in [3.05, 3.63) is 69.8 Å². The summed E-state index contributed by atoms with van der Waals surface area (Å²) in [6, 6.07) is 7.60. The Morgan fingerprint density at radius 1 is 1.05 bits per heavy atom. The highest BCUT2D eigenvalue weighted by Gasteiger charge is 2.22. The molecule has 0 aromatic heterocycles. The molecule has 0 saturated heterocycles. The first-order chi connectivity index (χ1) is 9.45. The number of benzene rings is 2. The summed E-state index contributed by atoms with van der Waals surface area (Å²) in [7, 11) is 0. The van der Waals surface area contributed by atoms with Gasteiger partial charge in [-0.3, -0.25) is 5.84 Å². The zero-order chi connectivity index (χ0) is 14.9. The molecule has 0 spiro atoms. The predicted molar refractivity (Wildman–Crippen MR) is 76.2 cm³/mol. The summed E-state index contributed by atoms with van der Waals surface area (Å²) < 4.78 is 28.5. The molecule has 4 heteroatoms. The maximum atomic E-state index is 14.2. The van der Waals surface area contributed by atoms with Gasteiger partial charge in [-0.15, -0.1) is 0 Å². The third-order valence-corrected chi connectivity index (χ3v) is 3.47. The quantitative estimate of drug-likeness (QED) is 0.665. The minimum absolute atomic E-state index is 0.346. The topological polar surface area (TPSA) is 38.0 Å². The summed E-state index contributed by atoms with van der Waals surface area (Å²) in [5, 5.41) is 0. The first-order valence-corrected chi connectivity index (χ1v) is 6.43. The second kappa shape index (κ2) is 5.69. The number of nitrogens with one attached hydrogen (secondary N) is 1. The summed E-state index contributed by atoms with van der Waals surface area (Å²) in [4.78, 5) is 0. The van der Waals surface area contributed by atoms with E-state index in [1.807, 2.05) is 13.0 Å². The minimum atomic E-state index is -0.712. The maximum absolute atomic E-state index is 14.2. The molecule has 0 amide bonds. The molecule has 20 heavy (non-hydrogen) atoms. The average molecular weight is 276 g/mol. The molecule has 0 heterocycles. The van der Waals surface area contributed by atoms with Crippen LogP contribution < -0.4 is 11.3 Å². The monoisotopic (exact) mass is 276 g/mol. The van der Waals surface area contributed by atoms with Crippen molar-refractivity contribution < 1.29 is 8.78 Å². The Morgan fingerprint density at radius 3 is 2.35 bits per heavy atom. The van der Waals surface area contributed by atoms with Crippen LogP contribution in [0.25, 0.3) is 0 Å². The molecule has 0 saturated carbocycles. The lowest BCUT2D eigenvalue weighted by Gasteiger charge is -2.21. The van der Waals surface area contributed by atoms with E-state index in [0.29, 0.717) is 16.7 Å². The fraction of sp³-hybridized carbons (Fsp3) is 0.250. The number of hydrogen-bond donors (Lipinski definition) is 2. The molecule has 0 aliphatic heterocycles. The van der Waals surface area contributed by atoms with Gasteiger partial charge in [0.15, 0.2) is 0 Å². The van der Waals surface area contributed by atoms with E-state index in [1.165, 1.54) is 6.07 Å². The smallest absolute Gasteiger partial charge is 0.131 e. The molecule has 1 unspecified atom stereocenters. The third kappa shape index (κ3) is 2.57. The second-order valence-corrected chi connectivity index (χ2v) is 5.06. The zero-order valence-electron chi connectivity index (χ0n) is 11.8. The lowest BCUT2D eigenvalue weighted by Crippen LogP contribution is -2.31. The molecule has 0 aliphatic rings. The molecule has 0 radical (unpaired) electrons. The van der Waals surface area contributed by atoms with Crippen molar-refractivity contribution in [3.8, 4) is 0 Å². The van der Waals surface area contributed by atoms with Gasteiger partial charge in [0, 0.05) is 11.1 Å². The number of aryl methyl sites for hydroxylation is 3. The van der Waals surface area contributed by atoms with Crippen molar-refractivity contribution in [1.29, 1.82) is 0 Å². The summed E-state index contributed by atoms with van der Waals surface area (Å²) >= 11 is 0. The zero-order valence-corrected chi connectivity index (χ0v) is 11.8. The molecule has 0 bridgehead atoms. The molecule has 2 nitrogen and oxygen atoms in total. The number of rotatable bonds is 3.